The maximum absolute atomic E-state index is 13.6. The zero-order valence-corrected chi connectivity index (χ0v) is 23.1. The minimum Gasteiger partial charge on any atom is -0.496 e. The summed E-state index contributed by atoms with van der Waals surface area (Å²) in [6, 6.07) is 13.2. The first-order valence-electron chi connectivity index (χ1n) is 12.7. The van der Waals surface area contributed by atoms with Crippen molar-refractivity contribution in [2.75, 3.05) is 12.0 Å². The molecule has 0 aliphatic heterocycles. The van der Waals surface area contributed by atoms with Crippen LogP contribution in [-0.2, 0) is 32.5 Å². The Morgan fingerprint density at radius 2 is 1.51 bits per heavy atom. The number of methoxy groups -OCH3 is 1. The number of tetrazole rings is 1. The number of nitrogens with zero attached hydrogens (tertiary/aromatic N) is 5. The van der Waals surface area contributed by atoms with E-state index in [1.807, 2.05) is 43.3 Å². The van der Waals surface area contributed by atoms with Crippen molar-refractivity contribution < 1.29 is 31.1 Å². The number of alkyl halides is 6. The quantitative estimate of drug-likeness (QED) is 0.202. The van der Waals surface area contributed by atoms with Gasteiger partial charge in [-0.15, -0.1) is 5.10 Å². The molecular formula is C29H29F6N5O. The molecule has 0 radical (unpaired) electrons. The lowest BCUT2D eigenvalue weighted by Crippen LogP contribution is -2.25. The van der Waals surface area contributed by atoms with Gasteiger partial charge in [0.15, 0.2) is 0 Å². The van der Waals surface area contributed by atoms with E-state index >= 15 is 0 Å². The number of aryl methyl sites for hydroxylation is 2. The summed E-state index contributed by atoms with van der Waals surface area (Å²) in [5, 5.41) is 12.0. The number of rotatable bonds is 8. The third-order valence-corrected chi connectivity index (χ3v) is 6.60. The molecular weight excluding hydrogens is 548 g/mol. The summed E-state index contributed by atoms with van der Waals surface area (Å²) in [5.41, 5.74) is 1.36. The Balaban J connectivity index is 1.83. The standard InChI is InChI=1S/C29H29F6N5O/c1-17(2)20-7-9-26(41-5)25(13-20)24-8-6-18(3)10-21(24)16-40(27-36-38-39(4)37-27)15-19-11-22(28(30,31)32)14-23(12-19)29(33,34)35/h6-14,17H,15-16H2,1-5H3. The lowest BCUT2D eigenvalue weighted by molar-refractivity contribution is -0.143. The van der Waals surface area contributed by atoms with Crippen LogP contribution < -0.4 is 9.64 Å². The van der Waals surface area contributed by atoms with Gasteiger partial charge in [-0.05, 0) is 70.6 Å². The molecule has 0 unspecified atom stereocenters. The average Bonchev–Trinajstić information content (AvgIpc) is 3.33. The lowest BCUT2D eigenvalue weighted by atomic mass is 9.92. The fraction of sp³-hybridized carbons (Fsp3) is 0.345. The van der Waals surface area contributed by atoms with Crippen molar-refractivity contribution in [3.63, 3.8) is 0 Å². The van der Waals surface area contributed by atoms with Gasteiger partial charge in [0.05, 0.1) is 25.3 Å². The van der Waals surface area contributed by atoms with Gasteiger partial charge in [-0.3, -0.25) is 0 Å². The van der Waals surface area contributed by atoms with Crippen molar-refractivity contribution in [2.24, 2.45) is 7.05 Å². The number of anilines is 1. The number of benzene rings is 3. The summed E-state index contributed by atoms with van der Waals surface area (Å²) in [5.74, 6) is 0.905. The fourth-order valence-corrected chi connectivity index (χ4v) is 4.55. The summed E-state index contributed by atoms with van der Waals surface area (Å²) in [6.07, 6.45) is -9.93. The van der Waals surface area contributed by atoms with E-state index in [1.165, 1.54) is 16.7 Å². The van der Waals surface area contributed by atoms with Gasteiger partial charge in [0.1, 0.15) is 5.75 Å². The van der Waals surface area contributed by atoms with Crippen LogP contribution in [0, 0.1) is 6.92 Å². The summed E-state index contributed by atoms with van der Waals surface area (Å²) < 4.78 is 87.0. The summed E-state index contributed by atoms with van der Waals surface area (Å²) in [4.78, 5) is 2.67. The molecule has 0 spiro atoms. The molecule has 4 aromatic rings. The van der Waals surface area contributed by atoms with E-state index in [0.29, 0.717) is 17.9 Å². The highest BCUT2D eigenvalue weighted by Crippen LogP contribution is 2.38. The summed E-state index contributed by atoms with van der Waals surface area (Å²) in [7, 11) is 3.07. The molecule has 218 valence electrons. The topological polar surface area (TPSA) is 56.1 Å². The van der Waals surface area contributed by atoms with Gasteiger partial charge in [0.25, 0.3) is 5.95 Å². The zero-order chi connectivity index (χ0) is 30.1. The molecule has 0 atom stereocenters. The van der Waals surface area contributed by atoms with Gasteiger partial charge in [-0.2, -0.15) is 31.1 Å². The maximum atomic E-state index is 13.6. The monoisotopic (exact) mass is 577 g/mol. The van der Waals surface area contributed by atoms with Gasteiger partial charge < -0.3 is 9.64 Å². The highest BCUT2D eigenvalue weighted by molar-refractivity contribution is 5.75. The van der Waals surface area contributed by atoms with Crippen LogP contribution in [-0.4, -0.2) is 27.3 Å². The minimum atomic E-state index is -4.96. The van der Waals surface area contributed by atoms with Crippen molar-refractivity contribution >= 4 is 5.95 Å². The van der Waals surface area contributed by atoms with E-state index in [9.17, 15) is 26.3 Å². The van der Waals surface area contributed by atoms with Crippen LogP contribution in [0.15, 0.2) is 54.6 Å². The van der Waals surface area contributed by atoms with Crippen molar-refractivity contribution in [1.82, 2.24) is 20.2 Å². The SMILES string of the molecule is COc1ccc(C(C)C)cc1-c1ccc(C)cc1CN(Cc1cc(C(F)(F)F)cc(C(F)(F)F)c1)c1nnn(C)n1. The third-order valence-electron chi connectivity index (χ3n) is 6.60. The van der Waals surface area contributed by atoms with Crippen LogP contribution in [0.3, 0.4) is 0 Å². The Kier molecular flexibility index (Phi) is 8.32. The second-order valence-electron chi connectivity index (χ2n) is 10.1. The van der Waals surface area contributed by atoms with Crippen molar-refractivity contribution in [2.45, 2.75) is 52.1 Å². The molecule has 0 bridgehead atoms. The molecule has 0 saturated carbocycles. The van der Waals surface area contributed by atoms with E-state index < -0.39 is 23.5 Å². The third kappa shape index (κ3) is 6.98. The first-order valence-corrected chi connectivity index (χ1v) is 12.7. The maximum Gasteiger partial charge on any atom is 0.416 e. The zero-order valence-electron chi connectivity index (χ0n) is 23.1. The number of halogens is 6. The van der Waals surface area contributed by atoms with Gasteiger partial charge in [-0.1, -0.05) is 48.8 Å². The Morgan fingerprint density at radius 1 is 0.854 bits per heavy atom. The van der Waals surface area contributed by atoms with E-state index in [1.54, 1.807) is 7.11 Å². The normalized spacial score (nSPS) is 12.2. The molecule has 41 heavy (non-hydrogen) atoms. The van der Waals surface area contributed by atoms with E-state index in [-0.39, 0.29) is 36.6 Å². The summed E-state index contributed by atoms with van der Waals surface area (Å²) >= 11 is 0. The largest absolute Gasteiger partial charge is 0.496 e. The van der Waals surface area contributed by atoms with E-state index in [4.69, 9.17) is 4.74 Å². The van der Waals surface area contributed by atoms with Crippen LogP contribution in [0.2, 0.25) is 0 Å². The van der Waals surface area contributed by atoms with Crippen LogP contribution >= 0.6 is 0 Å². The van der Waals surface area contributed by atoms with Gasteiger partial charge >= 0.3 is 12.4 Å². The first kappa shape index (κ1) is 29.9. The molecule has 0 N–H and O–H groups in total. The summed E-state index contributed by atoms with van der Waals surface area (Å²) in [6.45, 7) is 5.74. The van der Waals surface area contributed by atoms with Crippen molar-refractivity contribution in [1.29, 1.82) is 0 Å². The molecule has 1 aromatic heterocycles. The second-order valence-corrected chi connectivity index (χ2v) is 10.1. The Morgan fingerprint density at radius 3 is 2.05 bits per heavy atom. The minimum absolute atomic E-state index is 0.0498. The smallest absolute Gasteiger partial charge is 0.416 e. The molecule has 1 heterocycles. The average molecular weight is 578 g/mol. The molecule has 3 aromatic carbocycles. The van der Waals surface area contributed by atoms with E-state index in [0.717, 1.165) is 27.8 Å². The van der Waals surface area contributed by atoms with Gasteiger partial charge in [0, 0.05) is 18.7 Å². The number of hydrogen-bond acceptors (Lipinski definition) is 5. The molecule has 0 saturated heterocycles. The fourth-order valence-electron chi connectivity index (χ4n) is 4.55. The van der Waals surface area contributed by atoms with Gasteiger partial charge in [0.2, 0.25) is 0 Å². The number of ether oxygens (including phenoxy) is 1. The van der Waals surface area contributed by atoms with Crippen LogP contribution in [0.4, 0.5) is 32.3 Å². The lowest BCUT2D eigenvalue weighted by Gasteiger charge is -2.24. The molecule has 4 rings (SSSR count). The Bertz CT molecular complexity index is 1490. The predicted molar refractivity (Wildman–Crippen MR) is 142 cm³/mol. The van der Waals surface area contributed by atoms with Crippen LogP contribution in [0.1, 0.15) is 53.1 Å². The first-order chi connectivity index (χ1) is 19.2. The molecule has 0 aliphatic carbocycles. The highest BCUT2D eigenvalue weighted by Gasteiger charge is 2.37. The Hall–Kier alpha value is -4.09. The molecule has 12 heteroatoms. The van der Waals surface area contributed by atoms with Crippen LogP contribution in [0.25, 0.3) is 11.1 Å². The second kappa shape index (κ2) is 11.4. The molecule has 6 nitrogen and oxygen atoms in total. The van der Waals surface area contributed by atoms with Crippen molar-refractivity contribution in [3.05, 3.63) is 88.0 Å². The van der Waals surface area contributed by atoms with Crippen molar-refractivity contribution in [3.8, 4) is 16.9 Å². The van der Waals surface area contributed by atoms with E-state index in [2.05, 4.69) is 29.3 Å². The predicted octanol–water partition coefficient (Wildman–Crippen LogP) is 7.56. The highest BCUT2D eigenvalue weighted by atomic mass is 19.4. The molecule has 0 aliphatic rings. The molecule has 0 fully saturated rings. The number of hydrogen-bond donors (Lipinski definition) is 0. The van der Waals surface area contributed by atoms with Crippen LogP contribution in [0.5, 0.6) is 5.75 Å². The Labute approximate surface area is 233 Å². The number of aromatic nitrogens is 4. The molecule has 0 amide bonds. The van der Waals surface area contributed by atoms with Gasteiger partial charge in [-0.25, -0.2) is 0 Å².